The SMILES string of the molecule is Cc1csc(C(C)NCCOCC(F)(F)F)n1. The molecule has 1 atom stereocenters. The number of hydrogen-bond acceptors (Lipinski definition) is 4. The average molecular weight is 268 g/mol. The molecule has 0 aliphatic heterocycles. The zero-order chi connectivity index (χ0) is 12.9. The van der Waals surface area contributed by atoms with Gasteiger partial charge in [-0.15, -0.1) is 11.3 Å². The highest BCUT2D eigenvalue weighted by molar-refractivity contribution is 7.09. The minimum absolute atomic E-state index is 0.0307. The summed E-state index contributed by atoms with van der Waals surface area (Å²) in [6.45, 7) is 3.03. The molecule has 1 aromatic heterocycles. The minimum atomic E-state index is -4.25. The van der Waals surface area contributed by atoms with E-state index in [9.17, 15) is 13.2 Å². The number of thiazole rings is 1. The van der Waals surface area contributed by atoms with Gasteiger partial charge in [0, 0.05) is 17.6 Å². The van der Waals surface area contributed by atoms with Crippen LogP contribution in [0.5, 0.6) is 0 Å². The Balaban J connectivity index is 2.15. The molecule has 1 rings (SSSR count). The van der Waals surface area contributed by atoms with E-state index in [0.717, 1.165) is 10.7 Å². The Hall–Kier alpha value is -0.660. The van der Waals surface area contributed by atoms with Crippen molar-refractivity contribution in [2.75, 3.05) is 19.8 Å². The molecular formula is C10H15F3N2OS. The van der Waals surface area contributed by atoms with Gasteiger partial charge in [0.25, 0.3) is 0 Å². The predicted molar refractivity (Wildman–Crippen MR) is 60.1 cm³/mol. The first-order valence-electron chi connectivity index (χ1n) is 5.18. The van der Waals surface area contributed by atoms with Gasteiger partial charge in [0.1, 0.15) is 11.6 Å². The normalized spacial score (nSPS) is 13.9. The lowest BCUT2D eigenvalue weighted by atomic mass is 10.3. The van der Waals surface area contributed by atoms with E-state index >= 15 is 0 Å². The number of halogens is 3. The fourth-order valence-corrected chi connectivity index (χ4v) is 2.02. The van der Waals surface area contributed by atoms with Crippen LogP contribution in [0.3, 0.4) is 0 Å². The van der Waals surface area contributed by atoms with Crippen LogP contribution in [0.1, 0.15) is 23.7 Å². The van der Waals surface area contributed by atoms with Gasteiger partial charge in [0.05, 0.1) is 12.6 Å². The number of nitrogens with zero attached hydrogens (tertiary/aromatic N) is 1. The summed E-state index contributed by atoms with van der Waals surface area (Å²) in [6.07, 6.45) is -4.25. The predicted octanol–water partition coefficient (Wildman–Crippen LogP) is 2.68. The third kappa shape index (κ3) is 5.99. The highest BCUT2D eigenvalue weighted by Gasteiger charge is 2.27. The third-order valence-corrected chi connectivity index (χ3v) is 3.12. The molecule has 0 fully saturated rings. The molecule has 17 heavy (non-hydrogen) atoms. The minimum Gasteiger partial charge on any atom is -0.371 e. The summed E-state index contributed by atoms with van der Waals surface area (Å²) in [5.41, 5.74) is 0.951. The quantitative estimate of drug-likeness (QED) is 0.805. The molecule has 0 saturated carbocycles. The van der Waals surface area contributed by atoms with Crippen LogP contribution in [-0.2, 0) is 4.74 Å². The lowest BCUT2D eigenvalue weighted by molar-refractivity contribution is -0.173. The molecule has 1 heterocycles. The maximum Gasteiger partial charge on any atom is 0.411 e. The summed E-state index contributed by atoms with van der Waals surface area (Å²) < 4.78 is 39.8. The molecule has 3 nitrogen and oxygen atoms in total. The Morgan fingerprint density at radius 2 is 2.24 bits per heavy atom. The van der Waals surface area contributed by atoms with Crippen molar-refractivity contribution in [1.29, 1.82) is 0 Å². The van der Waals surface area contributed by atoms with Gasteiger partial charge in [-0.3, -0.25) is 0 Å². The van der Waals surface area contributed by atoms with Gasteiger partial charge in [-0.05, 0) is 13.8 Å². The summed E-state index contributed by atoms with van der Waals surface area (Å²) in [7, 11) is 0. The Morgan fingerprint density at radius 1 is 1.53 bits per heavy atom. The molecule has 0 radical (unpaired) electrons. The molecule has 0 saturated heterocycles. The van der Waals surface area contributed by atoms with E-state index in [1.165, 1.54) is 11.3 Å². The summed E-state index contributed by atoms with van der Waals surface area (Å²) in [5, 5.41) is 5.92. The monoisotopic (exact) mass is 268 g/mol. The van der Waals surface area contributed by atoms with E-state index in [-0.39, 0.29) is 12.6 Å². The Bertz CT molecular complexity index is 341. The number of alkyl halides is 3. The van der Waals surface area contributed by atoms with E-state index in [2.05, 4.69) is 15.0 Å². The Labute approximate surface area is 102 Å². The molecule has 0 bridgehead atoms. The fourth-order valence-electron chi connectivity index (χ4n) is 1.19. The van der Waals surface area contributed by atoms with Crippen LogP contribution in [0.4, 0.5) is 13.2 Å². The largest absolute Gasteiger partial charge is 0.411 e. The van der Waals surface area contributed by atoms with Crippen LogP contribution in [0, 0.1) is 6.92 Å². The fraction of sp³-hybridized carbons (Fsp3) is 0.700. The number of hydrogen-bond donors (Lipinski definition) is 1. The lowest BCUT2D eigenvalue weighted by Crippen LogP contribution is -2.25. The second-order valence-corrected chi connectivity index (χ2v) is 4.56. The third-order valence-electron chi connectivity index (χ3n) is 1.97. The van der Waals surface area contributed by atoms with Crippen molar-refractivity contribution in [3.63, 3.8) is 0 Å². The number of rotatable bonds is 6. The van der Waals surface area contributed by atoms with Gasteiger partial charge in [0.2, 0.25) is 0 Å². The first-order valence-corrected chi connectivity index (χ1v) is 6.06. The molecule has 0 spiro atoms. The highest BCUT2D eigenvalue weighted by atomic mass is 32.1. The summed E-state index contributed by atoms with van der Waals surface area (Å²) in [5.74, 6) is 0. The summed E-state index contributed by atoms with van der Waals surface area (Å²) in [6, 6.07) is 0.0307. The van der Waals surface area contributed by atoms with Crippen LogP contribution in [-0.4, -0.2) is 30.9 Å². The van der Waals surface area contributed by atoms with Crippen molar-refractivity contribution < 1.29 is 17.9 Å². The number of ether oxygens (including phenoxy) is 1. The Morgan fingerprint density at radius 3 is 2.76 bits per heavy atom. The van der Waals surface area contributed by atoms with Crippen LogP contribution in [0.2, 0.25) is 0 Å². The van der Waals surface area contributed by atoms with E-state index in [4.69, 9.17) is 0 Å². The van der Waals surface area contributed by atoms with Crippen molar-refractivity contribution in [2.24, 2.45) is 0 Å². The average Bonchev–Trinajstić information content (AvgIpc) is 2.62. The molecule has 0 amide bonds. The molecule has 0 aromatic carbocycles. The molecule has 1 unspecified atom stereocenters. The molecule has 1 aromatic rings. The van der Waals surface area contributed by atoms with Crippen LogP contribution >= 0.6 is 11.3 Å². The molecule has 7 heteroatoms. The molecular weight excluding hydrogens is 253 g/mol. The zero-order valence-corrected chi connectivity index (χ0v) is 10.5. The van der Waals surface area contributed by atoms with Crippen molar-refractivity contribution >= 4 is 11.3 Å². The number of nitrogens with one attached hydrogen (secondary N) is 1. The molecule has 0 aliphatic rings. The van der Waals surface area contributed by atoms with E-state index < -0.39 is 12.8 Å². The van der Waals surface area contributed by atoms with Crippen LogP contribution in [0.25, 0.3) is 0 Å². The van der Waals surface area contributed by atoms with Crippen molar-refractivity contribution in [2.45, 2.75) is 26.1 Å². The molecule has 0 aliphatic carbocycles. The van der Waals surface area contributed by atoms with Crippen molar-refractivity contribution in [3.05, 3.63) is 16.1 Å². The summed E-state index contributed by atoms with van der Waals surface area (Å²) in [4.78, 5) is 4.28. The second kappa shape index (κ2) is 6.32. The van der Waals surface area contributed by atoms with Gasteiger partial charge >= 0.3 is 6.18 Å². The van der Waals surface area contributed by atoms with Crippen LogP contribution < -0.4 is 5.32 Å². The first kappa shape index (κ1) is 14.4. The zero-order valence-electron chi connectivity index (χ0n) is 9.67. The van der Waals surface area contributed by atoms with Gasteiger partial charge in [-0.25, -0.2) is 4.98 Å². The van der Waals surface area contributed by atoms with Crippen molar-refractivity contribution in [1.82, 2.24) is 10.3 Å². The smallest absolute Gasteiger partial charge is 0.371 e. The standard InChI is InChI=1S/C10H15F3N2OS/c1-7-5-17-9(15-7)8(2)14-3-4-16-6-10(11,12)13/h5,8,14H,3-4,6H2,1-2H3. The molecule has 1 N–H and O–H groups in total. The number of aromatic nitrogens is 1. The van der Waals surface area contributed by atoms with E-state index in [1.54, 1.807) is 0 Å². The van der Waals surface area contributed by atoms with Gasteiger partial charge in [0.15, 0.2) is 0 Å². The lowest BCUT2D eigenvalue weighted by Gasteiger charge is -2.12. The van der Waals surface area contributed by atoms with Crippen LogP contribution in [0.15, 0.2) is 5.38 Å². The molecule has 98 valence electrons. The maximum atomic E-state index is 11.8. The topological polar surface area (TPSA) is 34.1 Å². The van der Waals surface area contributed by atoms with Gasteiger partial charge in [-0.1, -0.05) is 0 Å². The van der Waals surface area contributed by atoms with Crippen molar-refractivity contribution in [3.8, 4) is 0 Å². The first-order chi connectivity index (χ1) is 7.88. The number of aryl methyl sites for hydroxylation is 1. The van der Waals surface area contributed by atoms with Gasteiger partial charge < -0.3 is 10.1 Å². The Kier molecular flexibility index (Phi) is 5.35. The van der Waals surface area contributed by atoms with E-state index in [0.29, 0.717) is 6.54 Å². The highest BCUT2D eigenvalue weighted by Crippen LogP contribution is 2.17. The maximum absolute atomic E-state index is 11.8. The second-order valence-electron chi connectivity index (χ2n) is 3.67. The van der Waals surface area contributed by atoms with Gasteiger partial charge in [-0.2, -0.15) is 13.2 Å². The van der Waals surface area contributed by atoms with E-state index in [1.807, 2.05) is 19.2 Å². The summed E-state index contributed by atoms with van der Waals surface area (Å²) >= 11 is 1.53.